The summed E-state index contributed by atoms with van der Waals surface area (Å²) >= 11 is 0. The summed E-state index contributed by atoms with van der Waals surface area (Å²) in [6.45, 7) is 0. The van der Waals surface area contributed by atoms with Crippen molar-refractivity contribution in [1.82, 2.24) is 19.9 Å². The van der Waals surface area contributed by atoms with Gasteiger partial charge in [-0.2, -0.15) is 4.98 Å². The van der Waals surface area contributed by atoms with Crippen molar-refractivity contribution in [2.24, 2.45) is 0 Å². The van der Waals surface area contributed by atoms with E-state index in [0.29, 0.717) is 0 Å². The van der Waals surface area contributed by atoms with Crippen LogP contribution in [0.15, 0.2) is 41.3 Å². The average molecular weight is 267 g/mol. The molecule has 0 spiro atoms. The Morgan fingerprint density at radius 2 is 1.90 bits per heavy atom. The molecule has 0 radical (unpaired) electrons. The molecule has 0 bridgehead atoms. The summed E-state index contributed by atoms with van der Waals surface area (Å²) in [4.78, 5) is 26.5. The van der Waals surface area contributed by atoms with Gasteiger partial charge in [0.05, 0.1) is 5.69 Å². The van der Waals surface area contributed by atoms with E-state index in [1.165, 1.54) is 5.56 Å². The normalized spacial score (nSPS) is 10.8. The molecule has 2 aromatic heterocycles. The third-order valence-corrected chi connectivity index (χ3v) is 3.00. The van der Waals surface area contributed by atoms with Gasteiger partial charge in [-0.1, -0.05) is 30.3 Å². The largest absolute Gasteiger partial charge is 0.369 e. The van der Waals surface area contributed by atoms with Gasteiger partial charge in [0.25, 0.3) is 5.56 Å². The number of nitrogens with zero attached hydrogens (tertiary/aromatic N) is 3. The van der Waals surface area contributed by atoms with Crippen LogP contribution in [0, 0.1) is 0 Å². The van der Waals surface area contributed by atoms with E-state index in [4.69, 9.17) is 5.73 Å². The highest BCUT2D eigenvalue weighted by atomic mass is 16.1. The van der Waals surface area contributed by atoms with Gasteiger partial charge in [0, 0.05) is 6.20 Å². The molecular weight excluding hydrogens is 254 g/mol. The number of nitrogens with one attached hydrogen (secondary N) is 1. The van der Waals surface area contributed by atoms with E-state index in [1.807, 2.05) is 18.2 Å². The zero-order valence-corrected chi connectivity index (χ0v) is 10.7. The number of anilines is 1. The van der Waals surface area contributed by atoms with Crippen molar-refractivity contribution in [2.75, 3.05) is 5.73 Å². The second-order valence-electron chi connectivity index (χ2n) is 4.47. The Balaban J connectivity index is 1.88. The number of benzene rings is 1. The number of hydrogen-bond donors (Lipinski definition) is 2. The summed E-state index contributed by atoms with van der Waals surface area (Å²) in [5.74, 6) is 0.0528. The minimum atomic E-state index is -0.366. The summed E-state index contributed by atoms with van der Waals surface area (Å²) in [6, 6.07) is 10.1. The summed E-state index contributed by atoms with van der Waals surface area (Å²) in [5, 5.41) is 0. The van der Waals surface area contributed by atoms with Crippen molar-refractivity contribution in [3.8, 4) is 0 Å². The van der Waals surface area contributed by atoms with Gasteiger partial charge in [-0.3, -0.25) is 9.78 Å². The number of fused-ring (bicyclic) bond motifs is 1. The Bertz CT molecular complexity index is 798. The van der Waals surface area contributed by atoms with Crippen LogP contribution in [0.2, 0.25) is 0 Å². The fourth-order valence-corrected chi connectivity index (χ4v) is 2.01. The minimum absolute atomic E-state index is 0.0528. The Labute approximate surface area is 114 Å². The van der Waals surface area contributed by atoms with Gasteiger partial charge in [-0.15, -0.1) is 0 Å². The van der Waals surface area contributed by atoms with E-state index < -0.39 is 0 Å². The lowest BCUT2D eigenvalue weighted by Gasteiger charge is -2.02. The van der Waals surface area contributed by atoms with E-state index in [0.717, 1.165) is 18.5 Å². The molecule has 0 aliphatic rings. The van der Waals surface area contributed by atoms with Crippen LogP contribution < -0.4 is 11.3 Å². The molecule has 20 heavy (non-hydrogen) atoms. The van der Waals surface area contributed by atoms with Gasteiger partial charge >= 0.3 is 0 Å². The maximum absolute atomic E-state index is 11.6. The molecule has 0 fully saturated rings. The number of aromatic amines is 1. The molecule has 0 atom stereocenters. The molecule has 6 nitrogen and oxygen atoms in total. The van der Waals surface area contributed by atoms with Crippen LogP contribution in [0.5, 0.6) is 0 Å². The number of nitrogens with two attached hydrogens (primary N) is 1. The molecule has 6 heteroatoms. The highest BCUT2D eigenvalue weighted by Crippen LogP contribution is 2.07. The van der Waals surface area contributed by atoms with Gasteiger partial charge < -0.3 is 5.73 Å². The van der Waals surface area contributed by atoms with Crippen molar-refractivity contribution in [3.05, 3.63) is 58.1 Å². The van der Waals surface area contributed by atoms with Gasteiger partial charge in [0.2, 0.25) is 5.95 Å². The molecule has 0 aliphatic heterocycles. The smallest absolute Gasteiger partial charge is 0.280 e. The van der Waals surface area contributed by atoms with Crippen molar-refractivity contribution in [3.63, 3.8) is 0 Å². The first kappa shape index (κ1) is 12.3. The second kappa shape index (κ2) is 5.08. The standard InChI is InChI=1S/C14H13N5O/c15-14-18-12-11(13(20)19-14)16-8-10(17-12)7-6-9-4-2-1-3-5-9/h1-5,8H,6-7H2,(H3,15,17,18,19,20). The average Bonchev–Trinajstić information content (AvgIpc) is 2.45. The van der Waals surface area contributed by atoms with E-state index in [2.05, 4.69) is 32.1 Å². The van der Waals surface area contributed by atoms with Gasteiger partial charge in [-0.05, 0) is 18.4 Å². The van der Waals surface area contributed by atoms with E-state index in [9.17, 15) is 4.79 Å². The molecule has 3 rings (SSSR count). The molecule has 3 N–H and O–H groups in total. The minimum Gasteiger partial charge on any atom is -0.369 e. The summed E-state index contributed by atoms with van der Waals surface area (Å²) < 4.78 is 0. The van der Waals surface area contributed by atoms with Crippen LogP contribution in [-0.4, -0.2) is 19.9 Å². The molecule has 3 aromatic rings. The molecule has 0 saturated carbocycles. The number of rotatable bonds is 3. The fourth-order valence-electron chi connectivity index (χ4n) is 2.01. The van der Waals surface area contributed by atoms with Crippen LogP contribution in [0.1, 0.15) is 11.3 Å². The first-order valence-electron chi connectivity index (χ1n) is 6.28. The van der Waals surface area contributed by atoms with Crippen molar-refractivity contribution < 1.29 is 0 Å². The van der Waals surface area contributed by atoms with Crippen LogP contribution >= 0.6 is 0 Å². The molecule has 0 amide bonds. The molecule has 2 heterocycles. The van der Waals surface area contributed by atoms with Crippen LogP contribution in [0.3, 0.4) is 0 Å². The first-order valence-corrected chi connectivity index (χ1v) is 6.28. The lowest BCUT2D eigenvalue weighted by Crippen LogP contribution is -2.14. The number of nitrogen functional groups attached to an aromatic ring is 1. The van der Waals surface area contributed by atoms with Gasteiger partial charge in [0.1, 0.15) is 0 Å². The second-order valence-corrected chi connectivity index (χ2v) is 4.47. The van der Waals surface area contributed by atoms with E-state index in [-0.39, 0.29) is 22.7 Å². The Kier molecular flexibility index (Phi) is 3.12. The van der Waals surface area contributed by atoms with Crippen molar-refractivity contribution in [2.45, 2.75) is 12.8 Å². The lowest BCUT2D eigenvalue weighted by atomic mass is 10.1. The summed E-state index contributed by atoms with van der Waals surface area (Å²) in [6.07, 6.45) is 3.21. The van der Waals surface area contributed by atoms with Gasteiger partial charge in [-0.25, -0.2) is 9.97 Å². The molecule has 0 saturated heterocycles. The molecule has 0 unspecified atom stereocenters. The van der Waals surface area contributed by atoms with Crippen molar-refractivity contribution in [1.29, 1.82) is 0 Å². The predicted molar refractivity (Wildman–Crippen MR) is 76.2 cm³/mol. The van der Waals surface area contributed by atoms with Crippen molar-refractivity contribution >= 4 is 17.1 Å². The topological polar surface area (TPSA) is 97.5 Å². The van der Waals surface area contributed by atoms with Crippen LogP contribution in [-0.2, 0) is 12.8 Å². The maximum Gasteiger partial charge on any atom is 0.280 e. The van der Waals surface area contributed by atoms with Gasteiger partial charge in [0.15, 0.2) is 11.2 Å². The molecule has 1 aromatic carbocycles. The predicted octanol–water partition coefficient (Wildman–Crippen LogP) is 1.08. The SMILES string of the molecule is Nc1nc2nc(CCc3ccccc3)cnc2c(=O)[nH]1. The van der Waals surface area contributed by atoms with E-state index >= 15 is 0 Å². The summed E-state index contributed by atoms with van der Waals surface area (Å²) in [7, 11) is 0. The third kappa shape index (κ3) is 2.49. The monoisotopic (exact) mass is 267 g/mol. The van der Waals surface area contributed by atoms with E-state index in [1.54, 1.807) is 6.20 Å². The Morgan fingerprint density at radius 3 is 2.70 bits per heavy atom. The molecule has 100 valence electrons. The quantitative estimate of drug-likeness (QED) is 0.740. The number of H-pyrrole nitrogens is 1. The Hall–Kier alpha value is -2.76. The zero-order valence-electron chi connectivity index (χ0n) is 10.7. The fraction of sp³-hybridized carbons (Fsp3) is 0.143. The van der Waals surface area contributed by atoms with Crippen LogP contribution in [0.4, 0.5) is 5.95 Å². The van der Waals surface area contributed by atoms with Crippen LogP contribution in [0.25, 0.3) is 11.2 Å². The lowest BCUT2D eigenvalue weighted by molar-refractivity contribution is 0.906. The highest BCUT2D eigenvalue weighted by molar-refractivity contribution is 5.69. The maximum atomic E-state index is 11.6. The highest BCUT2D eigenvalue weighted by Gasteiger charge is 2.06. The zero-order chi connectivity index (χ0) is 13.9. The number of aryl methyl sites for hydroxylation is 2. The molecular formula is C14H13N5O. The number of aromatic nitrogens is 4. The molecule has 0 aliphatic carbocycles. The number of hydrogen-bond acceptors (Lipinski definition) is 5. The first-order chi connectivity index (χ1) is 9.72. The third-order valence-electron chi connectivity index (χ3n) is 3.00. The Morgan fingerprint density at radius 1 is 1.10 bits per heavy atom. The summed E-state index contributed by atoms with van der Waals surface area (Å²) in [5.41, 5.74) is 7.66.